The Morgan fingerprint density at radius 2 is 2.08 bits per heavy atom. The number of hydrazone groups is 1. The first-order valence-corrected chi connectivity index (χ1v) is 8.86. The van der Waals surface area contributed by atoms with Gasteiger partial charge in [0.05, 0.1) is 25.0 Å². The molecule has 4 rings (SSSR count). The van der Waals surface area contributed by atoms with Gasteiger partial charge in [-0.2, -0.15) is 10.2 Å². The summed E-state index contributed by atoms with van der Waals surface area (Å²) in [6.45, 7) is 2.05. The highest BCUT2D eigenvalue weighted by Crippen LogP contribution is 2.31. The first-order valence-electron chi connectivity index (χ1n) is 8.86. The van der Waals surface area contributed by atoms with E-state index in [4.69, 9.17) is 0 Å². The van der Waals surface area contributed by atoms with E-state index in [1.54, 1.807) is 5.01 Å². The monoisotopic (exact) mass is 337 g/mol. The van der Waals surface area contributed by atoms with Crippen LogP contribution in [0.3, 0.4) is 0 Å². The lowest BCUT2D eigenvalue weighted by atomic mass is 10.1. The van der Waals surface area contributed by atoms with Crippen molar-refractivity contribution in [1.29, 1.82) is 0 Å². The Bertz CT molecular complexity index is 782. The minimum atomic E-state index is 0.0849. The van der Waals surface area contributed by atoms with Crippen molar-refractivity contribution in [3.05, 3.63) is 53.9 Å². The van der Waals surface area contributed by atoms with E-state index in [0.717, 1.165) is 37.1 Å². The molecule has 1 fully saturated rings. The van der Waals surface area contributed by atoms with Crippen LogP contribution in [0.5, 0.6) is 0 Å². The van der Waals surface area contributed by atoms with Gasteiger partial charge in [-0.15, -0.1) is 0 Å². The molecular weight excluding hydrogens is 314 g/mol. The van der Waals surface area contributed by atoms with Crippen molar-refractivity contribution >= 4 is 11.6 Å². The van der Waals surface area contributed by atoms with Gasteiger partial charge in [-0.05, 0) is 24.9 Å². The highest BCUT2D eigenvalue weighted by molar-refractivity contribution is 6.02. The van der Waals surface area contributed by atoms with E-state index in [1.165, 1.54) is 5.56 Å². The molecule has 0 N–H and O–H groups in total. The summed E-state index contributed by atoms with van der Waals surface area (Å²) in [5, 5.41) is 10.5. The predicted octanol–water partition coefficient (Wildman–Crippen LogP) is 2.19. The molecule has 1 amide bonds. The Morgan fingerprint density at radius 1 is 1.24 bits per heavy atom. The largest absolute Gasteiger partial charge is 0.287 e. The van der Waals surface area contributed by atoms with Crippen molar-refractivity contribution in [3.8, 4) is 0 Å². The summed E-state index contributed by atoms with van der Waals surface area (Å²) in [6.07, 6.45) is 6.98. The van der Waals surface area contributed by atoms with Crippen LogP contribution in [0.15, 0.2) is 47.8 Å². The zero-order valence-corrected chi connectivity index (χ0v) is 14.5. The number of aromatic nitrogens is 2. The molecule has 0 saturated carbocycles. The van der Waals surface area contributed by atoms with Crippen molar-refractivity contribution in [2.45, 2.75) is 25.3 Å². The van der Waals surface area contributed by atoms with E-state index < -0.39 is 0 Å². The highest BCUT2D eigenvalue weighted by atomic mass is 16.2. The Kier molecular flexibility index (Phi) is 4.36. The number of aryl methyl sites for hydroxylation is 1. The van der Waals surface area contributed by atoms with Crippen LogP contribution >= 0.6 is 0 Å². The van der Waals surface area contributed by atoms with E-state index in [9.17, 15) is 4.79 Å². The van der Waals surface area contributed by atoms with Crippen LogP contribution < -0.4 is 0 Å². The van der Waals surface area contributed by atoms with Crippen molar-refractivity contribution in [2.24, 2.45) is 12.1 Å². The average molecular weight is 337 g/mol. The van der Waals surface area contributed by atoms with Gasteiger partial charge >= 0.3 is 0 Å². The van der Waals surface area contributed by atoms with Gasteiger partial charge in [0, 0.05) is 31.3 Å². The van der Waals surface area contributed by atoms with E-state index in [-0.39, 0.29) is 11.9 Å². The standard InChI is InChI=1S/C19H23N5O/c1-22-13-16(12-20-22)18-8-5-10-23(18)14-19(25)24-11-9-17(21-24)15-6-3-2-4-7-15/h2-4,6-7,12-13,18H,5,8-11,14H2,1H3/t18-/m1/s1. The maximum Gasteiger partial charge on any atom is 0.256 e. The van der Waals surface area contributed by atoms with Gasteiger partial charge in [0.2, 0.25) is 0 Å². The van der Waals surface area contributed by atoms with Crippen molar-refractivity contribution in [3.63, 3.8) is 0 Å². The van der Waals surface area contributed by atoms with Gasteiger partial charge in [-0.25, -0.2) is 5.01 Å². The zero-order chi connectivity index (χ0) is 17.2. The van der Waals surface area contributed by atoms with Crippen LogP contribution in [-0.2, 0) is 11.8 Å². The maximum atomic E-state index is 12.7. The molecule has 2 aliphatic rings. The van der Waals surface area contributed by atoms with Crippen molar-refractivity contribution in [2.75, 3.05) is 19.6 Å². The number of amides is 1. The third kappa shape index (κ3) is 3.35. The van der Waals surface area contributed by atoms with Gasteiger partial charge in [0.15, 0.2) is 0 Å². The number of benzene rings is 1. The van der Waals surface area contributed by atoms with Gasteiger partial charge < -0.3 is 0 Å². The number of rotatable bonds is 4. The van der Waals surface area contributed by atoms with Crippen LogP contribution in [0.2, 0.25) is 0 Å². The molecule has 0 bridgehead atoms. The van der Waals surface area contributed by atoms with Crippen molar-refractivity contribution in [1.82, 2.24) is 19.7 Å². The van der Waals surface area contributed by atoms with E-state index in [2.05, 4.69) is 21.3 Å². The fourth-order valence-corrected chi connectivity index (χ4v) is 3.73. The van der Waals surface area contributed by atoms with E-state index >= 15 is 0 Å². The molecule has 2 aromatic rings. The minimum Gasteiger partial charge on any atom is -0.287 e. The molecule has 0 spiro atoms. The molecule has 0 unspecified atom stereocenters. The lowest BCUT2D eigenvalue weighted by molar-refractivity contribution is -0.132. The van der Waals surface area contributed by atoms with Crippen LogP contribution in [0, 0.1) is 0 Å². The minimum absolute atomic E-state index is 0.0849. The van der Waals surface area contributed by atoms with Crippen LogP contribution in [0.1, 0.15) is 36.4 Å². The first-order chi connectivity index (χ1) is 12.2. The fraction of sp³-hybridized carbons (Fsp3) is 0.421. The summed E-state index contributed by atoms with van der Waals surface area (Å²) in [7, 11) is 1.93. The molecule has 3 heterocycles. The maximum absolute atomic E-state index is 12.7. The summed E-state index contributed by atoms with van der Waals surface area (Å²) in [5.41, 5.74) is 3.30. The van der Waals surface area contributed by atoms with Crippen LogP contribution in [0.25, 0.3) is 0 Å². The summed E-state index contributed by atoms with van der Waals surface area (Å²) < 4.78 is 1.82. The molecule has 1 atom stereocenters. The second kappa shape index (κ2) is 6.80. The second-order valence-corrected chi connectivity index (χ2v) is 6.76. The molecule has 0 radical (unpaired) electrons. The van der Waals surface area contributed by atoms with Crippen LogP contribution in [0.4, 0.5) is 0 Å². The summed E-state index contributed by atoms with van der Waals surface area (Å²) in [6, 6.07) is 10.4. The van der Waals surface area contributed by atoms with Gasteiger partial charge in [0.25, 0.3) is 5.91 Å². The molecule has 6 heteroatoms. The number of hydrogen-bond acceptors (Lipinski definition) is 4. The lowest BCUT2D eigenvalue weighted by Gasteiger charge is -2.24. The highest BCUT2D eigenvalue weighted by Gasteiger charge is 2.31. The first kappa shape index (κ1) is 16.0. The number of hydrogen-bond donors (Lipinski definition) is 0. The third-order valence-corrected chi connectivity index (χ3v) is 5.01. The molecule has 1 aromatic heterocycles. The fourth-order valence-electron chi connectivity index (χ4n) is 3.73. The van der Waals surface area contributed by atoms with E-state index in [0.29, 0.717) is 13.1 Å². The van der Waals surface area contributed by atoms with Gasteiger partial charge in [0.1, 0.15) is 0 Å². The molecule has 0 aliphatic carbocycles. The average Bonchev–Trinajstić information content (AvgIpc) is 3.35. The molecule has 2 aliphatic heterocycles. The Hall–Kier alpha value is -2.47. The van der Waals surface area contributed by atoms with Crippen LogP contribution in [-0.4, -0.2) is 50.9 Å². The summed E-state index contributed by atoms with van der Waals surface area (Å²) in [5.74, 6) is 0.0849. The second-order valence-electron chi connectivity index (χ2n) is 6.76. The molecule has 1 aromatic carbocycles. The topological polar surface area (TPSA) is 53.7 Å². The van der Waals surface area contributed by atoms with Crippen molar-refractivity contribution < 1.29 is 4.79 Å². The Balaban J connectivity index is 1.43. The Morgan fingerprint density at radius 3 is 2.84 bits per heavy atom. The number of carbonyl (C=O) groups excluding carboxylic acids is 1. The Labute approximate surface area is 147 Å². The molecule has 130 valence electrons. The number of nitrogens with zero attached hydrogens (tertiary/aromatic N) is 5. The molecule has 6 nitrogen and oxygen atoms in total. The molecule has 1 saturated heterocycles. The van der Waals surface area contributed by atoms with Gasteiger partial charge in [-0.1, -0.05) is 30.3 Å². The number of carbonyl (C=O) groups is 1. The zero-order valence-electron chi connectivity index (χ0n) is 14.5. The normalized spacial score (nSPS) is 20.9. The lowest BCUT2D eigenvalue weighted by Crippen LogP contribution is -2.36. The predicted molar refractivity (Wildman–Crippen MR) is 96.1 cm³/mol. The smallest absolute Gasteiger partial charge is 0.256 e. The van der Waals surface area contributed by atoms with E-state index in [1.807, 2.05) is 48.3 Å². The number of likely N-dealkylation sites (tertiary alicyclic amines) is 1. The molecule has 25 heavy (non-hydrogen) atoms. The molecular formula is C19H23N5O. The van der Waals surface area contributed by atoms with Gasteiger partial charge in [-0.3, -0.25) is 14.4 Å². The SMILES string of the molecule is Cn1cc([C@H]2CCCN2CC(=O)N2CCC(c3ccccc3)=N2)cn1. The summed E-state index contributed by atoms with van der Waals surface area (Å²) in [4.78, 5) is 15.0. The third-order valence-electron chi connectivity index (χ3n) is 5.01. The summed E-state index contributed by atoms with van der Waals surface area (Å²) >= 11 is 0. The quantitative estimate of drug-likeness (QED) is 0.859.